The van der Waals surface area contributed by atoms with E-state index in [4.69, 9.17) is 0 Å². The molecular formula is C15H20BrN7O2. The van der Waals surface area contributed by atoms with Crippen molar-refractivity contribution in [3.63, 3.8) is 0 Å². The van der Waals surface area contributed by atoms with Crippen molar-refractivity contribution in [3.05, 3.63) is 28.3 Å². The number of aromatic nitrogens is 4. The van der Waals surface area contributed by atoms with Gasteiger partial charge in [0.05, 0.1) is 40.5 Å². The number of piperidine rings is 1. The van der Waals surface area contributed by atoms with Crippen LogP contribution in [0.1, 0.15) is 37.1 Å². The van der Waals surface area contributed by atoms with Gasteiger partial charge in [-0.3, -0.25) is 15.0 Å². The van der Waals surface area contributed by atoms with E-state index >= 15 is 0 Å². The van der Waals surface area contributed by atoms with Crippen LogP contribution in [0.4, 0.5) is 10.5 Å². The van der Waals surface area contributed by atoms with Crippen molar-refractivity contribution in [2.24, 2.45) is 0 Å². The monoisotopic (exact) mass is 409 g/mol. The first-order valence-electron chi connectivity index (χ1n) is 8.06. The first-order valence-corrected chi connectivity index (χ1v) is 8.85. The minimum Gasteiger partial charge on any atom is -0.332 e. The molecule has 1 atom stereocenters. The van der Waals surface area contributed by atoms with Gasteiger partial charge in [0.2, 0.25) is 5.91 Å². The van der Waals surface area contributed by atoms with Crippen LogP contribution in [0.2, 0.25) is 0 Å². The largest absolute Gasteiger partial charge is 0.332 e. The summed E-state index contributed by atoms with van der Waals surface area (Å²) in [7, 11) is 0. The average Bonchev–Trinajstić information content (AvgIpc) is 3.21. The molecular weight excluding hydrogens is 390 g/mol. The number of halogens is 1. The Morgan fingerprint density at radius 3 is 2.88 bits per heavy atom. The lowest BCUT2D eigenvalue weighted by Crippen LogP contribution is -2.44. The number of hydrogen-bond donors (Lipinski definition) is 4. The first kappa shape index (κ1) is 17.5. The third-order valence-corrected chi connectivity index (χ3v) is 4.86. The second kappa shape index (κ2) is 7.68. The minimum absolute atomic E-state index is 0.114. The van der Waals surface area contributed by atoms with E-state index in [1.54, 1.807) is 17.3 Å². The smallest absolute Gasteiger partial charge is 0.317 e. The molecule has 3 heterocycles. The molecule has 2 aromatic heterocycles. The molecule has 9 nitrogen and oxygen atoms in total. The van der Waals surface area contributed by atoms with E-state index in [1.807, 2.05) is 0 Å². The molecule has 0 radical (unpaired) electrons. The molecule has 0 bridgehead atoms. The van der Waals surface area contributed by atoms with Gasteiger partial charge in [-0.2, -0.15) is 10.2 Å². The van der Waals surface area contributed by atoms with Gasteiger partial charge in [0.15, 0.2) is 0 Å². The van der Waals surface area contributed by atoms with Gasteiger partial charge in [-0.1, -0.05) is 0 Å². The molecule has 1 aliphatic heterocycles. The predicted molar refractivity (Wildman–Crippen MR) is 95.0 cm³/mol. The summed E-state index contributed by atoms with van der Waals surface area (Å²) in [6, 6.07) is -0.119. The summed E-state index contributed by atoms with van der Waals surface area (Å²) in [5.41, 5.74) is 2.37. The fraction of sp³-hybridized carbons (Fsp3) is 0.467. The maximum Gasteiger partial charge on any atom is 0.317 e. The molecule has 1 fully saturated rings. The number of nitrogens with zero attached hydrogens (tertiary/aromatic N) is 3. The Morgan fingerprint density at radius 2 is 2.16 bits per heavy atom. The number of amides is 3. The zero-order valence-electron chi connectivity index (χ0n) is 13.8. The number of urea groups is 1. The van der Waals surface area contributed by atoms with Crippen molar-refractivity contribution in [2.45, 2.75) is 32.2 Å². The number of anilines is 1. The fourth-order valence-electron chi connectivity index (χ4n) is 2.99. The molecule has 0 spiro atoms. The SMILES string of the molecule is CC(=O)Nc1cn[nH]c1C1CCCN(C(=O)NCc2[nH]ncc2Br)C1. The fourth-order valence-corrected chi connectivity index (χ4v) is 3.32. The molecule has 134 valence electrons. The van der Waals surface area contributed by atoms with Gasteiger partial charge in [-0.25, -0.2) is 4.79 Å². The molecule has 4 N–H and O–H groups in total. The van der Waals surface area contributed by atoms with E-state index in [9.17, 15) is 9.59 Å². The number of likely N-dealkylation sites (tertiary alicyclic amines) is 1. The predicted octanol–water partition coefficient (Wildman–Crippen LogP) is 1.94. The van der Waals surface area contributed by atoms with Crippen LogP contribution in [-0.4, -0.2) is 50.3 Å². The summed E-state index contributed by atoms with van der Waals surface area (Å²) in [5.74, 6) is -0.0269. The number of hydrogen-bond acceptors (Lipinski definition) is 4. The molecule has 25 heavy (non-hydrogen) atoms. The molecule has 0 aliphatic carbocycles. The van der Waals surface area contributed by atoms with Crippen molar-refractivity contribution < 1.29 is 9.59 Å². The van der Waals surface area contributed by atoms with Gasteiger partial charge in [-0.05, 0) is 28.8 Å². The van der Waals surface area contributed by atoms with Gasteiger partial charge >= 0.3 is 6.03 Å². The molecule has 1 saturated heterocycles. The Balaban J connectivity index is 1.61. The molecule has 3 rings (SSSR count). The second-order valence-corrected chi connectivity index (χ2v) is 6.87. The van der Waals surface area contributed by atoms with E-state index in [2.05, 4.69) is 47.0 Å². The van der Waals surface area contributed by atoms with Crippen molar-refractivity contribution in [1.29, 1.82) is 0 Å². The van der Waals surface area contributed by atoms with E-state index in [0.29, 0.717) is 25.3 Å². The molecule has 0 saturated carbocycles. The van der Waals surface area contributed by atoms with E-state index in [1.165, 1.54) is 6.92 Å². The van der Waals surface area contributed by atoms with Crippen LogP contribution in [0.15, 0.2) is 16.9 Å². The average molecular weight is 410 g/mol. The van der Waals surface area contributed by atoms with Crippen molar-refractivity contribution >= 4 is 33.6 Å². The molecule has 1 unspecified atom stereocenters. The standard InChI is InChI=1S/C15H20BrN7O2/c1-9(24)20-13-7-19-22-14(13)10-3-2-4-23(8-10)15(25)17-6-12-11(16)5-18-21-12/h5,7,10H,2-4,6,8H2,1H3,(H,17,25)(H,18,21)(H,19,22)(H,20,24). The van der Waals surface area contributed by atoms with Crippen LogP contribution < -0.4 is 10.6 Å². The molecule has 1 aliphatic rings. The summed E-state index contributed by atoms with van der Waals surface area (Å²) >= 11 is 3.37. The van der Waals surface area contributed by atoms with Crippen LogP contribution in [0.3, 0.4) is 0 Å². The van der Waals surface area contributed by atoms with E-state index < -0.39 is 0 Å². The van der Waals surface area contributed by atoms with Crippen molar-refractivity contribution in [2.75, 3.05) is 18.4 Å². The van der Waals surface area contributed by atoms with Crippen LogP contribution >= 0.6 is 15.9 Å². The summed E-state index contributed by atoms with van der Waals surface area (Å²) < 4.78 is 0.835. The van der Waals surface area contributed by atoms with E-state index in [-0.39, 0.29) is 17.9 Å². The summed E-state index contributed by atoms with van der Waals surface area (Å²) in [6.45, 7) is 3.12. The third kappa shape index (κ3) is 4.19. The number of carbonyl (C=O) groups is 2. The summed E-state index contributed by atoms with van der Waals surface area (Å²) in [6.07, 6.45) is 5.08. The zero-order valence-corrected chi connectivity index (χ0v) is 15.4. The maximum absolute atomic E-state index is 12.5. The van der Waals surface area contributed by atoms with Crippen molar-refractivity contribution in [1.82, 2.24) is 30.6 Å². The Bertz CT molecular complexity index is 757. The highest BCUT2D eigenvalue weighted by Crippen LogP contribution is 2.30. The number of H-pyrrole nitrogens is 2. The van der Waals surface area contributed by atoms with Crippen LogP contribution in [-0.2, 0) is 11.3 Å². The second-order valence-electron chi connectivity index (χ2n) is 6.02. The number of aromatic amines is 2. The van der Waals surface area contributed by atoms with E-state index in [0.717, 1.165) is 28.7 Å². The number of carbonyl (C=O) groups excluding carboxylic acids is 2. The highest BCUT2D eigenvalue weighted by molar-refractivity contribution is 9.10. The topological polar surface area (TPSA) is 119 Å². The molecule has 0 aromatic carbocycles. The Hall–Kier alpha value is -2.36. The van der Waals surface area contributed by atoms with Crippen molar-refractivity contribution in [3.8, 4) is 0 Å². The number of nitrogens with one attached hydrogen (secondary N) is 4. The van der Waals surface area contributed by atoms with Crippen LogP contribution in [0.25, 0.3) is 0 Å². The lowest BCUT2D eigenvalue weighted by Gasteiger charge is -2.32. The highest BCUT2D eigenvalue weighted by atomic mass is 79.9. The quantitative estimate of drug-likeness (QED) is 0.616. The van der Waals surface area contributed by atoms with Gasteiger partial charge in [0, 0.05) is 25.9 Å². The van der Waals surface area contributed by atoms with Crippen LogP contribution in [0.5, 0.6) is 0 Å². The highest BCUT2D eigenvalue weighted by Gasteiger charge is 2.27. The first-order chi connectivity index (χ1) is 12.0. The lowest BCUT2D eigenvalue weighted by atomic mass is 9.94. The third-order valence-electron chi connectivity index (χ3n) is 4.18. The van der Waals surface area contributed by atoms with Gasteiger partial charge < -0.3 is 15.5 Å². The normalized spacial score (nSPS) is 17.4. The van der Waals surface area contributed by atoms with Crippen LogP contribution in [0, 0.1) is 0 Å². The Morgan fingerprint density at radius 1 is 1.36 bits per heavy atom. The van der Waals surface area contributed by atoms with Gasteiger partial charge in [-0.15, -0.1) is 0 Å². The summed E-state index contributed by atoms with van der Waals surface area (Å²) in [4.78, 5) is 25.5. The molecule has 2 aromatic rings. The van der Waals surface area contributed by atoms with Gasteiger partial charge in [0.25, 0.3) is 0 Å². The maximum atomic E-state index is 12.5. The summed E-state index contributed by atoms with van der Waals surface area (Å²) in [5, 5.41) is 19.4. The zero-order chi connectivity index (χ0) is 17.8. The van der Waals surface area contributed by atoms with Gasteiger partial charge in [0.1, 0.15) is 0 Å². The Labute approximate surface area is 153 Å². The minimum atomic E-state index is -0.141. The lowest BCUT2D eigenvalue weighted by molar-refractivity contribution is -0.114. The molecule has 10 heteroatoms. The molecule has 3 amide bonds. The number of rotatable bonds is 4. The Kier molecular flexibility index (Phi) is 5.37.